The molecule has 0 bridgehead atoms. The van der Waals surface area contributed by atoms with Gasteiger partial charge in [-0.25, -0.2) is 0 Å². The molecule has 0 aliphatic heterocycles. The summed E-state index contributed by atoms with van der Waals surface area (Å²) in [7, 11) is 3.17. The van der Waals surface area contributed by atoms with Gasteiger partial charge in [0.05, 0.1) is 7.11 Å². The first-order valence-electron chi connectivity index (χ1n) is 4.95. The highest BCUT2D eigenvalue weighted by molar-refractivity contribution is 5.75. The van der Waals surface area contributed by atoms with Gasteiger partial charge in [0.15, 0.2) is 0 Å². The molecule has 1 rings (SSSR count). The van der Waals surface area contributed by atoms with Gasteiger partial charge >= 0.3 is 5.97 Å². The Hall–Kier alpha value is -1.80. The number of carbonyl (C=O) groups is 1. The van der Waals surface area contributed by atoms with Crippen LogP contribution in [-0.2, 0) is 23.1 Å². The van der Waals surface area contributed by atoms with E-state index in [9.17, 15) is 4.79 Å². The molecule has 1 N–H and O–H groups in total. The number of nitrogens with zero attached hydrogens (tertiary/aromatic N) is 2. The van der Waals surface area contributed by atoms with Crippen molar-refractivity contribution in [2.24, 2.45) is 7.05 Å². The third-order valence-corrected chi connectivity index (χ3v) is 2.34. The molecule has 1 unspecified atom stereocenters. The summed E-state index contributed by atoms with van der Waals surface area (Å²) in [4.78, 5) is 11.1. The highest BCUT2D eigenvalue weighted by atomic mass is 16.5. The number of hydrogen-bond acceptors (Lipinski definition) is 4. The Morgan fingerprint density at radius 2 is 2.44 bits per heavy atom. The van der Waals surface area contributed by atoms with Gasteiger partial charge in [0.25, 0.3) is 0 Å². The van der Waals surface area contributed by atoms with Crippen molar-refractivity contribution in [2.45, 2.75) is 19.5 Å². The lowest BCUT2D eigenvalue weighted by molar-refractivity contribution is -0.142. The number of hydrogen-bond donors (Lipinski definition) is 1. The maximum atomic E-state index is 11.1. The minimum absolute atomic E-state index is 0.295. The third kappa shape index (κ3) is 2.84. The lowest BCUT2D eigenvalue weighted by atomic mass is 10.3. The van der Waals surface area contributed by atoms with Crippen LogP contribution in [0.15, 0.2) is 12.3 Å². The third-order valence-electron chi connectivity index (χ3n) is 2.34. The normalized spacial score (nSPS) is 11.9. The number of ether oxygens (including phenoxy) is 1. The average molecular weight is 221 g/mol. The molecule has 5 nitrogen and oxygen atoms in total. The summed E-state index contributed by atoms with van der Waals surface area (Å²) in [6.07, 6.45) is 1.86. The number of methoxy groups -OCH3 is 1. The first kappa shape index (κ1) is 12.3. The first-order valence-corrected chi connectivity index (χ1v) is 4.95. The number of rotatable bonds is 4. The number of nitrogens with one attached hydrogen (secondary N) is 1. The number of aryl methyl sites for hydroxylation is 1. The van der Waals surface area contributed by atoms with E-state index in [0.717, 1.165) is 5.56 Å². The Morgan fingerprint density at radius 1 is 1.75 bits per heavy atom. The number of carbonyl (C=O) groups excluding carboxylic acids is 1. The van der Waals surface area contributed by atoms with Crippen LogP contribution in [0, 0.1) is 11.3 Å². The zero-order valence-corrected chi connectivity index (χ0v) is 9.65. The van der Waals surface area contributed by atoms with Crippen LogP contribution in [0.4, 0.5) is 0 Å². The second-order valence-corrected chi connectivity index (χ2v) is 3.58. The van der Waals surface area contributed by atoms with Gasteiger partial charge in [0.1, 0.15) is 17.8 Å². The molecule has 0 aliphatic carbocycles. The van der Waals surface area contributed by atoms with Crippen molar-refractivity contribution in [3.63, 3.8) is 0 Å². The molecule has 86 valence electrons. The van der Waals surface area contributed by atoms with Crippen molar-refractivity contribution in [3.8, 4) is 6.07 Å². The van der Waals surface area contributed by atoms with E-state index in [1.807, 2.05) is 13.2 Å². The Bertz CT molecular complexity index is 417. The zero-order chi connectivity index (χ0) is 12.1. The van der Waals surface area contributed by atoms with Gasteiger partial charge in [0, 0.05) is 19.8 Å². The fraction of sp³-hybridized carbons (Fsp3) is 0.455. The first-order chi connectivity index (χ1) is 7.58. The van der Waals surface area contributed by atoms with Crippen LogP contribution in [0.25, 0.3) is 0 Å². The van der Waals surface area contributed by atoms with E-state index in [1.54, 1.807) is 17.6 Å². The summed E-state index contributed by atoms with van der Waals surface area (Å²) in [6.45, 7) is 2.27. The quantitative estimate of drug-likeness (QED) is 0.754. The SMILES string of the molecule is COC(=O)C(C)NCc1cc(C#N)n(C)c1. The molecule has 0 saturated carbocycles. The number of aromatic nitrogens is 1. The molecule has 0 aromatic carbocycles. The second-order valence-electron chi connectivity index (χ2n) is 3.58. The topological polar surface area (TPSA) is 67.0 Å². The van der Waals surface area contributed by atoms with Gasteiger partial charge in [0.2, 0.25) is 0 Å². The fourth-order valence-corrected chi connectivity index (χ4v) is 1.37. The van der Waals surface area contributed by atoms with E-state index in [4.69, 9.17) is 5.26 Å². The largest absolute Gasteiger partial charge is 0.468 e. The van der Waals surface area contributed by atoms with Crippen molar-refractivity contribution < 1.29 is 9.53 Å². The van der Waals surface area contributed by atoms with Crippen LogP contribution >= 0.6 is 0 Å². The lowest BCUT2D eigenvalue weighted by Gasteiger charge is -2.09. The molecule has 0 fully saturated rings. The Morgan fingerprint density at radius 3 is 2.94 bits per heavy atom. The monoisotopic (exact) mass is 221 g/mol. The maximum Gasteiger partial charge on any atom is 0.322 e. The molecular weight excluding hydrogens is 206 g/mol. The van der Waals surface area contributed by atoms with Crippen molar-refractivity contribution in [1.82, 2.24) is 9.88 Å². The molecular formula is C11H15N3O2. The minimum Gasteiger partial charge on any atom is -0.468 e. The predicted octanol–water partition coefficient (Wildman–Crippen LogP) is 0.548. The summed E-state index contributed by atoms with van der Waals surface area (Å²) in [5.74, 6) is -0.295. The standard InChI is InChI=1S/C11H15N3O2/c1-8(11(15)16-3)13-6-9-4-10(5-12)14(2)7-9/h4,7-8,13H,6H2,1-3H3. The maximum absolute atomic E-state index is 11.1. The van der Waals surface area contributed by atoms with Gasteiger partial charge in [-0.3, -0.25) is 4.79 Å². The van der Waals surface area contributed by atoms with Crippen LogP contribution in [-0.4, -0.2) is 23.7 Å². The zero-order valence-electron chi connectivity index (χ0n) is 9.65. The molecule has 1 atom stereocenters. The van der Waals surface area contributed by atoms with Crippen LogP contribution in [0.3, 0.4) is 0 Å². The van der Waals surface area contributed by atoms with Crippen LogP contribution in [0.5, 0.6) is 0 Å². The van der Waals surface area contributed by atoms with Crippen LogP contribution in [0.2, 0.25) is 0 Å². The van der Waals surface area contributed by atoms with E-state index in [2.05, 4.69) is 16.1 Å². The molecule has 1 heterocycles. The van der Waals surface area contributed by atoms with Crippen LogP contribution < -0.4 is 5.32 Å². The van der Waals surface area contributed by atoms with Crippen molar-refractivity contribution in [1.29, 1.82) is 5.26 Å². The van der Waals surface area contributed by atoms with E-state index >= 15 is 0 Å². The smallest absolute Gasteiger partial charge is 0.322 e. The van der Waals surface area contributed by atoms with Gasteiger partial charge in [-0.05, 0) is 18.6 Å². The molecule has 0 radical (unpaired) electrons. The fourth-order valence-electron chi connectivity index (χ4n) is 1.37. The highest BCUT2D eigenvalue weighted by Crippen LogP contribution is 2.06. The van der Waals surface area contributed by atoms with Gasteiger partial charge < -0.3 is 14.6 Å². The van der Waals surface area contributed by atoms with Gasteiger partial charge in [-0.1, -0.05) is 0 Å². The molecule has 1 aromatic rings. The molecule has 16 heavy (non-hydrogen) atoms. The molecule has 0 aliphatic rings. The van der Waals surface area contributed by atoms with E-state index < -0.39 is 0 Å². The summed E-state index contributed by atoms with van der Waals surface area (Å²) >= 11 is 0. The van der Waals surface area contributed by atoms with Gasteiger partial charge in [-0.2, -0.15) is 5.26 Å². The second kappa shape index (κ2) is 5.33. The highest BCUT2D eigenvalue weighted by Gasteiger charge is 2.12. The summed E-state index contributed by atoms with van der Waals surface area (Å²) in [6, 6.07) is 3.52. The molecule has 0 spiro atoms. The lowest BCUT2D eigenvalue weighted by Crippen LogP contribution is -2.34. The Kier molecular flexibility index (Phi) is 4.09. The molecule has 0 saturated heterocycles. The van der Waals surface area contributed by atoms with Crippen LogP contribution in [0.1, 0.15) is 18.2 Å². The average Bonchev–Trinajstić information content (AvgIpc) is 2.65. The summed E-state index contributed by atoms with van der Waals surface area (Å²) in [5.41, 5.74) is 1.57. The van der Waals surface area contributed by atoms with Crippen molar-refractivity contribution in [3.05, 3.63) is 23.5 Å². The van der Waals surface area contributed by atoms with Crippen molar-refractivity contribution in [2.75, 3.05) is 7.11 Å². The summed E-state index contributed by atoms with van der Waals surface area (Å²) < 4.78 is 6.34. The van der Waals surface area contributed by atoms with E-state index in [-0.39, 0.29) is 12.0 Å². The van der Waals surface area contributed by atoms with E-state index in [0.29, 0.717) is 12.2 Å². The van der Waals surface area contributed by atoms with Gasteiger partial charge in [-0.15, -0.1) is 0 Å². The Balaban J connectivity index is 2.55. The summed E-state index contributed by atoms with van der Waals surface area (Å²) in [5, 5.41) is 11.8. The molecule has 1 aromatic heterocycles. The number of nitriles is 1. The van der Waals surface area contributed by atoms with E-state index in [1.165, 1.54) is 7.11 Å². The number of esters is 1. The van der Waals surface area contributed by atoms with Crippen molar-refractivity contribution >= 4 is 5.97 Å². The minimum atomic E-state index is -0.351. The Labute approximate surface area is 94.6 Å². The predicted molar refractivity (Wildman–Crippen MR) is 58.4 cm³/mol. The molecule has 0 amide bonds. The molecule has 5 heteroatoms.